The molecule has 18 heavy (non-hydrogen) atoms. The van der Waals surface area contributed by atoms with Gasteiger partial charge in [0.1, 0.15) is 0 Å². The SMILES string of the molecule is CCCCC(C)n1nnnc1C(C)NCCOC. The Labute approximate surface area is 109 Å². The monoisotopic (exact) mass is 255 g/mol. The normalized spacial score (nSPS) is 14.7. The molecule has 6 nitrogen and oxygen atoms in total. The number of unbranched alkanes of at least 4 members (excludes halogenated alkanes) is 1. The van der Waals surface area contributed by atoms with Gasteiger partial charge in [0, 0.05) is 13.7 Å². The van der Waals surface area contributed by atoms with Crippen LogP contribution in [-0.2, 0) is 4.74 Å². The minimum absolute atomic E-state index is 0.138. The van der Waals surface area contributed by atoms with Crippen LogP contribution in [0.15, 0.2) is 0 Å². The molecule has 1 heterocycles. The molecule has 2 unspecified atom stereocenters. The summed E-state index contributed by atoms with van der Waals surface area (Å²) in [5.74, 6) is 0.898. The van der Waals surface area contributed by atoms with Gasteiger partial charge in [-0.3, -0.25) is 0 Å². The van der Waals surface area contributed by atoms with Crippen LogP contribution >= 0.6 is 0 Å². The van der Waals surface area contributed by atoms with Crippen molar-refractivity contribution in [3.05, 3.63) is 5.82 Å². The van der Waals surface area contributed by atoms with E-state index in [1.807, 2.05) is 4.68 Å². The third-order valence-corrected chi connectivity index (χ3v) is 3.06. The first-order valence-electron chi connectivity index (χ1n) is 6.70. The summed E-state index contributed by atoms with van der Waals surface area (Å²) < 4.78 is 6.95. The molecule has 0 amide bonds. The second-order valence-electron chi connectivity index (χ2n) is 4.64. The summed E-state index contributed by atoms with van der Waals surface area (Å²) in [6.45, 7) is 7.93. The number of hydrogen-bond donors (Lipinski definition) is 1. The zero-order valence-electron chi connectivity index (χ0n) is 11.9. The van der Waals surface area contributed by atoms with E-state index >= 15 is 0 Å². The molecule has 6 heteroatoms. The highest BCUT2D eigenvalue weighted by Crippen LogP contribution is 2.17. The molecule has 1 rings (SSSR count). The molecule has 1 N–H and O–H groups in total. The van der Waals surface area contributed by atoms with Gasteiger partial charge in [-0.05, 0) is 30.7 Å². The number of hydrogen-bond acceptors (Lipinski definition) is 5. The second-order valence-corrected chi connectivity index (χ2v) is 4.64. The van der Waals surface area contributed by atoms with Crippen molar-refractivity contribution in [3.8, 4) is 0 Å². The fourth-order valence-corrected chi connectivity index (χ4v) is 1.89. The lowest BCUT2D eigenvalue weighted by atomic mass is 10.1. The van der Waals surface area contributed by atoms with Crippen LogP contribution in [0.5, 0.6) is 0 Å². The van der Waals surface area contributed by atoms with Crippen molar-refractivity contribution < 1.29 is 4.74 Å². The average molecular weight is 255 g/mol. The van der Waals surface area contributed by atoms with Crippen molar-refractivity contribution >= 4 is 0 Å². The molecule has 0 fully saturated rings. The molecular formula is C12H25N5O. The van der Waals surface area contributed by atoms with E-state index in [2.05, 4.69) is 41.6 Å². The summed E-state index contributed by atoms with van der Waals surface area (Å²) in [5, 5.41) is 15.4. The zero-order chi connectivity index (χ0) is 13.4. The van der Waals surface area contributed by atoms with Crippen LogP contribution in [0.25, 0.3) is 0 Å². The summed E-state index contributed by atoms with van der Waals surface area (Å²) in [5.41, 5.74) is 0. The summed E-state index contributed by atoms with van der Waals surface area (Å²) in [7, 11) is 1.70. The number of nitrogens with one attached hydrogen (secondary N) is 1. The van der Waals surface area contributed by atoms with E-state index in [0.29, 0.717) is 12.6 Å². The maximum absolute atomic E-state index is 5.02. The van der Waals surface area contributed by atoms with Gasteiger partial charge in [0.05, 0.1) is 18.7 Å². The molecule has 0 aliphatic carbocycles. The van der Waals surface area contributed by atoms with Crippen LogP contribution in [0.4, 0.5) is 0 Å². The first-order chi connectivity index (χ1) is 8.70. The summed E-state index contributed by atoms with van der Waals surface area (Å²) in [6.07, 6.45) is 3.51. The van der Waals surface area contributed by atoms with Gasteiger partial charge in [-0.25, -0.2) is 4.68 Å². The molecule has 0 aliphatic rings. The van der Waals surface area contributed by atoms with E-state index in [4.69, 9.17) is 4.74 Å². The van der Waals surface area contributed by atoms with Crippen molar-refractivity contribution in [1.29, 1.82) is 0 Å². The van der Waals surface area contributed by atoms with Crippen LogP contribution in [0, 0.1) is 0 Å². The first kappa shape index (κ1) is 15.0. The molecule has 1 aromatic heterocycles. The Hall–Kier alpha value is -1.01. The standard InChI is InChI=1S/C12H25N5O/c1-5-6-7-10(2)17-12(14-15-16-17)11(3)13-8-9-18-4/h10-11,13H,5-9H2,1-4H3. The van der Waals surface area contributed by atoms with Gasteiger partial charge in [-0.2, -0.15) is 0 Å². The molecule has 0 saturated carbocycles. The Morgan fingerprint density at radius 2 is 2.17 bits per heavy atom. The topological polar surface area (TPSA) is 64.9 Å². The molecule has 0 saturated heterocycles. The van der Waals surface area contributed by atoms with Crippen LogP contribution in [0.1, 0.15) is 57.9 Å². The number of ether oxygens (including phenoxy) is 1. The summed E-state index contributed by atoms with van der Waals surface area (Å²) >= 11 is 0. The maximum Gasteiger partial charge on any atom is 0.168 e. The second kappa shape index (κ2) is 8.16. The highest BCUT2D eigenvalue weighted by molar-refractivity contribution is 4.91. The molecule has 1 aromatic rings. The predicted octanol–water partition coefficient (Wildman–Crippen LogP) is 1.72. The van der Waals surface area contributed by atoms with Crippen LogP contribution in [-0.4, -0.2) is 40.5 Å². The molecular weight excluding hydrogens is 230 g/mol. The molecule has 0 bridgehead atoms. The van der Waals surface area contributed by atoms with Gasteiger partial charge in [-0.1, -0.05) is 19.8 Å². The summed E-state index contributed by atoms with van der Waals surface area (Å²) in [6, 6.07) is 0.487. The Kier molecular flexibility index (Phi) is 6.82. The van der Waals surface area contributed by atoms with E-state index in [0.717, 1.165) is 18.8 Å². The lowest BCUT2D eigenvalue weighted by Crippen LogP contribution is -2.26. The van der Waals surface area contributed by atoms with Crippen LogP contribution in [0.2, 0.25) is 0 Å². The van der Waals surface area contributed by atoms with Gasteiger partial charge in [0.25, 0.3) is 0 Å². The highest BCUT2D eigenvalue weighted by Gasteiger charge is 2.17. The van der Waals surface area contributed by atoms with Crippen molar-refractivity contribution in [3.63, 3.8) is 0 Å². The lowest BCUT2D eigenvalue weighted by Gasteiger charge is -2.17. The Bertz CT molecular complexity index is 328. The van der Waals surface area contributed by atoms with Gasteiger partial charge < -0.3 is 10.1 Å². The molecule has 0 aliphatic heterocycles. The van der Waals surface area contributed by atoms with Crippen molar-refractivity contribution in [2.75, 3.05) is 20.3 Å². The number of aromatic nitrogens is 4. The van der Waals surface area contributed by atoms with Crippen LogP contribution in [0.3, 0.4) is 0 Å². The van der Waals surface area contributed by atoms with Crippen LogP contribution < -0.4 is 5.32 Å². The molecule has 104 valence electrons. The van der Waals surface area contributed by atoms with E-state index < -0.39 is 0 Å². The fourth-order valence-electron chi connectivity index (χ4n) is 1.89. The van der Waals surface area contributed by atoms with Crippen molar-refractivity contribution in [1.82, 2.24) is 25.5 Å². The van der Waals surface area contributed by atoms with Gasteiger partial charge in [0.2, 0.25) is 0 Å². The minimum atomic E-state index is 0.138. The molecule has 0 radical (unpaired) electrons. The van der Waals surface area contributed by atoms with E-state index in [-0.39, 0.29) is 6.04 Å². The van der Waals surface area contributed by atoms with E-state index in [1.54, 1.807) is 7.11 Å². The number of nitrogens with zero attached hydrogens (tertiary/aromatic N) is 4. The predicted molar refractivity (Wildman–Crippen MR) is 70.3 cm³/mol. The number of methoxy groups -OCH3 is 1. The third kappa shape index (κ3) is 4.34. The Morgan fingerprint density at radius 3 is 2.83 bits per heavy atom. The van der Waals surface area contributed by atoms with Gasteiger partial charge in [0.15, 0.2) is 5.82 Å². The smallest absolute Gasteiger partial charge is 0.168 e. The fraction of sp³-hybridized carbons (Fsp3) is 0.917. The Morgan fingerprint density at radius 1 is 1.39 bits per heavy atom. The Balaban J connectivity index is 2.57. The van der Waals surface area contributed by atoms with E-state index in [1.165, 1.54) is 12.8 Å². The lowest BCUT2D eigenvalue weighted by molar-refractivity contribution is 0.195. The quantitative estimate of drug-likeness (QED) is 0.681. The van der Waals surface area contributed by atoms with Crippen molar-refractivity contribution in [2.45, 2.75) is 52.1 Å². The first-order valence-corrected chi connectivity index (χ1v) is 6.70. The highest BCUT2D eigenvalue weighted by atomic mass is 16.5. The molecule has 2 atom stereocenters. The largest absolute Gasteiger partial charge is 0.383 e. The number of rotatable bonds is 9. The summed E-state index contributed by atoms with van der Waals surface area (Å²) in [4.78, 5) is 0. The van der Waals surface area contributed by atoms with Gasteiger partial charge in [-0.15, -0.1) is 5.10 Å². The van der Waals surface area contributed by atoms with Gasteiger partial charge >= 0.3 is 0 Å². The average Bonchev–Trinajstić information content (AvgIpc) is 2.85. The van der Waals surface area contributed by atoms with Crippen molar-refractivity contribution in [2.24, 2.45) is 0 Å². The molecule has 0 aromatic carbocycles. The third-order valence-electron chi connectivity index (χ3n) is 3.06. The number of tetrazole rings is 1. The maximum atomic E-state index is 5.02. The molecule has 0 spiro atoms. The van der Waals surface area contributed by atoms with E-state index in [9.17, 15) is 0 Å². The zero-order valence-corrected chi connectivity index (χ0v) is 11.9. The minimum Gasteiger partial charge on any atom is -0.383 e.